The second-order valence-corrected chi connectivity index (χ2v) is 13.1. The molecule has 294 valence electrons. The fourth-order valence-electron chi connectivity index (χ4n) is 5.55. The number of carboxylic acid groups (broad SMARTS) is 2. The molecule has 2 saturated heterocycles. The molecule has 2 heterocycles. The number of aliphatic imine (C=N–C) groups is 2. The minimum absolute atomic E-state index is 0. The van der Waals surface area contributed by atoms with Crippen LogP contribution in [0.2, 0.25) is 0 Å². The van der Waals surface area contributed by atoms with E-state index in [4.69, 9.17) is 23.5 Å². The summed E-state index contributed by atoms with van der Waals surface area (Å²) < 4.78 is 56.4. The van der Waals surface area contributed by atoms with Gasteiger partial charge in [-0.15, -0.1) is 0 Å². The number of carbonyl (C=O) groups is 2. The number of aliphatic carboxylic acids is 2. The van der Waals surface area contributed by atoms with Gasteiger partial charge in [0.2, 0.25) is 5.79 Å². The van der Waals surface area contributed by atoms with Crippen molar-refractivity contribution in [3.8, 4) is 0 Å². The first-order valence-corrected chi connectivity index (χ1v) is 16.7. The molecule has 2 fully saturated rings. The second-order valence-electron chi connectivity index (χ2n) is 12.0. The van der Waals surface area contributed by atoms with Gasteiger partial charge in [0.1, 0.15) is 54.7 Å². The third kappa shape index (κ3) is 15.0. The first-order chi connectivity index (χ1) is 24.1. The first-order valence-electron chi connectivity index (χ1n) is 15.4. The van der Waals surface area contributed by atoms with Gasteiger partial charge in [0.15, 0.2) is 0 Å². The number of carbonyl (C=O) groups excluding carboxylic acids is 1. The number of ether oxygens (including phenoxy) is 4. The fourth-order valence-corrected chi connectivity index (χ4v) is 5.86. The monoisotopic (exact) mass is 836 g/mol. The van der Waals surface area contributed by atoms with E-state index in [0.717, 1.165) is 13.8 Å². The van der Waals surface area contributed by atoms with E-state index in [1.807, 2.05) is 0 Å². The largest absolute Gasteiger partial charge is 1.00 e. The molecule has 12 atom stereocenters. The van der Waals surface area contributed by atoms with Crippen LogP contribution < -0.4 is 104 Å². The van der Waals surface area contributed by atoms with E-state index < -0.39 is 139 Å². The molecule has 1 aromatic rings. The van der Waals surface area contributed by atoms with Crippen molar-refractivity contribution in [1.82, 2.24) is 0 Å². The summed E-state index contributed by atoms with van der Waals surface area (Å²) >= 11 is 0. The zero-order chi connectivity index (χ0) is 39.2. The number of aliphatic hydroxyl groups is 6. The van der Waals surface area contributed by atoms with Crippen molar-refractivity contribution < 1.29 is 185 Å². The minimum Gasteiger partial charge on any atom is -0.862 e. The quantitative estimate of drug-likeness (QED) is 0.0312. The van der Waals surface area contributed by atoms with Gasteiger partial charge in [0.25, 0.3) is 5.79 Å². The molecule has 0 aliphatic carbocycles. The molecule has 22 nitrogen and oxygen atoms in total. The summed E-state index contributed by atoms with van der Waals surface area (Å²) in [6.07, 6.45) is -19.3. The number of hydrogen-bond acceptors (Lipinski definition) is 20. The average Bonchev–Trinajstić information content (AvgIpc) is 3.06. The van der Waals surface area contributed by atoms with E-state index in [2.05, 4.69) is 14.2 Å². The molecular weight excluding hydrogens is 797 g/mol. The Morgan fingerprint density at radius 3 is 1.67 bits per heavy atom. The topological polar surface area (TPSA) is 370 Å². The van der Waals surface area contributed by atoms with Gasteiger partial charge >= 0.3 is 105 Å². The molecule has 0 bridgehead atoms. The van der Waals surface area contributed by atoms with Crippen LogP contribution in [-0.2, 0) is 49.7 Å². The summed E-state index contributed by atoms with van der Waals surface area (Å²) in [6, 6.07) is 4.51. The zero-order valence-electron chi connectivity index (χ0n) is 30.5. The van der Waals surface area contributed by atoms with Crippen LogP contribution in [0, 0.1) is 0 Å². The minimum atomic E-state index is -5.15. The number of aliphatic hydroxyl groups excluding tert-OH is 6. The molecule has 0 amide bonds. The maximum absolute atomic E-state index is 12.5. The maximum atomic E-state index is 12.5. The smallest absolute Gasteiger partial charge is 0.862 e. The number of carboxylic acids is 2. The standard InChI is InChI=1S/C29H42N2O20S.3Na/c1-13(32)30-20-16(34)8-28(26(40)41,47-10-15-6-4-3-5-7-15)50-24(20)22(38)18(36)11-48-29(27(42)43)9-17(35)21(31-14(2)33)25(51-29)23(39)19(37)12-49-52(44,45)46;;;/h3-7,16-25,34-39H,8-12H2,1-2H3,(H,30,32)(H,31,33)(H,40,41)(H,42,43)(H,44,45,46);;;/q;3*+1/p-3/t16-,17-,18+,19+,20+,21+,22+,23+,24+,25+,28+,29+;;;/m0.../s1. The van der Waals surface area contributed by atoms with Gasteiger partial charge in [-0.1, -0.05) is 30.3 Å². The van der Waals surface area contributed by atoms with Crippen molar-refractivity contribution in [2.75, 3.05) is 13.2 Å². The molecule has 26 heteroatoms. The van der Waals surface area contributed by atoms with E-state index in [-0.39, 0.29) is 88.7 Å². The number of hydrogen-bond donors (Lipinski definition) is 8. The predicted molar refractivity (Wildman–Crippen MR) is 162 cm³/mol. The van der Waals surface area contributed by atoms with Gasteiger partial charge < -0.3 is 74.8 Å². The van der Waals surface area contributed by atoms with Crippen molar-refractivity contribution in [2.45, 2.75) is 106 Å². The Kier molecular flexibility index (Phi) is 23.2. The third-order valence-electron chi connectivity index (χ3n) is 8.02. The number of nitrogens with zero attached hydrogens (tertiary/aromatic N) is 2. The summed E-state index contributed by atoms with van der Waals surface area (Å²) in [7, 11) is -5.15. The number of rotatable bonds is 17. The van der Waals surface area contributed by atoms with Crippen LogP contribution in [-0.4, -0.2) is 158 Å². The molecule has 0 aromatic heterocycles. The molecule has 0 spiro atoms. The Balaban J connectivity index is 0.00000972. The normalized spacial score (nSPS) is 31.0. The molecular formula is C29H39N2Na3O20S. The fraction of sp³-hybridized carbons (Fsp3) is 0.655. The van der Waals surface area contributed by atoms with Crippen LogP contribution in [0.5, 0.6) is 0 Å². The van der Waals surface area contributed by atoms with Crippen LogP contribution >= 0.6 is 0 Å². The van der Waals surface area contributed by atoms with Gasteiger partial charge in [-0.05, 0) is 31.2 Å². The summed E-state index contributed by atoms with van der Waals surface area (Å²) in [5, 5.41) is 111. The van der Waals surface area contributed by atoms with Crippen LogP contribution in [0.1, 0.15) is 32.3 Å². The second kappa shape index (κ2) is 23.4. The van der Waals surface area contributed by atoms with Gasteiger partial charge in [-0.2, -0.15) is 8.42 Å². The molecule has 3 rings (SSSR count). The van der Waals surface area contributed by atoms with Crippen molar-refractivity contribution >= 4 is 34.1 Å². The van der Waals surface area contributed by atoms with Crippen molar-refractivity contribution in [3.63, 3.8) is 0 Å². The first kappa shape index (κ1) is 54.6. The van der Waals surface area contributed by atoms with Gasteiger partial charge in [-0.3, -0.25) is 14.5 Å². The van der Waals surface area contributed by atoms with E-state index >= 15 is 0 Å². The van der Waals surface area contributed by atoms with Crippen LogP contribution in [0.4, 0.5) is 0 Å². The van der Waals surface area contributed by atoms with Crippen molar-refractivity contribution in [3.05, 3.63) is 35.9 Å². The molecule has 55 heavy (non-hydrogen) atoms. The SMILES string of the molecule is CC([O-])=N[C@H]1[C@H]([C@H](O)[C@H](O)CO[C@]2(C(=O)O)C[C@H](O)[C@@H](N=C(C)[O-])[C@H]([C@H](O)[C@H](O)COS(=O)(=O)O)O2)O[C@@](OCc2ccccc2)(C(=O)[O-])C[C@@H]1O.[Na+].[Na+].[Na+]. The third-order valence-corrected chi connectivity index (χ3v) is 8.45. The van der Waals surface area contributed by atoms with Crippen LogP contribution in [0.25, 0.3) is 0 Å². The summed E-state index contributed by atoms with van der Waals surface area (Å²) in [4.78, 5) is 32.1. The van der Waals surface area contributed by atoms with Gasteiger partial charge in [0.05, 0.1) is 32.0 Å². The van der Waals surface area contributed by atoms with Crippen LogP contribution in [0.15, 0.2) is 40.3 Å². The van der Waals surface area contributed by atoms with E-state index in [0.29, 0.717) is 5.56 Å². The van der Waals surface area contributed by atoms with Crippen molar-refractivity contribution in [1.29, 1.82) is 0 Å². The summed E-state index contributed by atoms with van der Waals surface area (Å²) in [6.45, 7) is -1.12. The maximum Gasteiger partial charge on any atom is 1.00 e. The Labute approximate surface area is 381 Å². The zero-order valence-corrected chi connectivity index (χ0v) is 37.3. The Morgan fingerprint density at radius 1 is 0.818 bits per heavy atom. The molecule has 0 radical (unpaired) electrons. The Morgan fingerprint density at radius 2 is 1.25 bits per heavy atom. The van der Waals surface area contributed by atoms with Crippen molar-refractivity contribution in [2.24, 2.45) is 9.98 Å². The Bertz CT molecular complexity index is 1560. The molecule has 0 saturated carbocycles. The van der Waals surface area contributed by atoms with E-state index in [1.165, 1.54) is 0 Å². The van der Waals surface area contributed by atoms with E-state index in [1.54, 1.807) is 30.3 Å². The number of benzene rings is 1. The van der Waals surface area contributed by atoms with Gasteiger partial charge in [-0.25, -0.2) is 8.98 Å². The predicted octanol–water partition coefficient (Wildman–Crippen LogP) is -15.7. The molecule has 1 aromatic carbocycles. The Hall–Kier alpha value is -0.430. The van der Waals surface area contributed by atoms with E-state index in [9.17, 15) is 69.1 Å². The molecule has 2 aliphatic rings. The molecule has 2 aliphatic heterocycles. The summed E-state index contributed by atoms with van der Waals surface area (Å²) in [5.74, 6) is -11.8. The summed E-state index contributed by atoms with van der Waals surface area (Å²) in [5.41, 5.74) is 0.455. The molecule has 8 N–H and O–H groups in total. The van der Waals surface area contributed by atoms with Gasteiger partial charge in [0, 0.05) is 12.8 Å². The molecule has 0 unspecified atom stereocenters. The average molecular weight is 837 g/mol. The van der Waals surface area contributed by atoms with Crippen LogP contribution in [0.3, 0.4) is 0 Å².